The molecule has 0 atom stereocenters. The fourth-order valence-electron chi connectivity index (χ4n) is 1.58. The minimum Gasteiger partial charge on any atom is -0.381 e. The molecular weight excluding hydrogens is 303 g/mol. The SMILES string of the molecule is CCc1nc(N)c(N)nc1Sc1cccnc1C(F)(F)F. The Hall–Kier alpha value is -2.03. The fraction of sp³-hybridized carbons (Fsp3) is 0.250. The van der Waals surface area contributed by atoms with Crippen molar-refractivity contribution in [1.82, 2.24) is 15.0 Å². The highest BCUT2D eigenvalue weighted by molar-refractivity contribution is 7.99. The average Bonchev–Trinajstić information content (AvgIpc) is 2.42. The Morgan fingerprint density at radius 2 is 1.86 bits per heavy atom. The van der Waals surface area contributed by atoms with Crippen LogP contribution >= 0.6 is 11.8 Å². The minimum atomic E-state index is -4.54. The van der Waals surface area contributed by atoms with Gasteiger partial charge in [-0.05, 0) is 18.6 Å². The minimum absolute atomic E-state index is 0.00727. The maximum atomic E-state index is 12.9. The van der Waals surface area contributed by atoms with E-state index in [1.807, 2.05) is 0 Å². The van der Waals surface area contributed by atoms with Gasteiger partial charge in [0.1, 0.15) is 5.03 Å². The first-order valence-corrected chi connectivity index (χ1v) is 6.76. The van der Waals surface area contributed by atoms with Crippen LogP contribution in [0.4, 0.5) is 24.8 Å². The van der Waals surface area contributed by atoms with E-state index in [1.54, 1.807) is 6.92 Å². The zero-order valence-electron chi connectivity index (χ0n) is 11.0. The maximum Gasteiger partial charge on any atom is 0.434 e. The first-order valence-electron chi connectivity index (χ1n) is 5.94. The number of nitrogens with zero attached hydrogens (tertiary/aromatic N) is 3. The van der Waals surface area contributed by atoms with Crippen molar-refractivity contribution in [2.75, 3.05) is 11.5 Å². The molecule has 0 saturated heterocycles. The van der Waals surface area contributed by atoms with E-state index in [4.69, 9.17) is 11.5 Å². The molecule has 2 rings (SSSR count). The first kappa shape index (κ1) is 15.4. The van der Waals surface area contributed by atoms with E-state index in [1.165, 1.54) is 12.1 Å². The molecule has 21 heavy (non-hydrogen) atoms. The van der Waals surface area contributed by atoms with Crippen molar-refractivity contribution in [3.05, 3.63) is 29.7 Å². The summed E-state index contributed by atoms with van der Waals surface area (Å²) in [5.41, 5.74) is 10.7. The summed E-state index contributed by atoms with van der Waals surface area (Å²) in [5, 5.41) is 0.294. The molecule has 2 aromatic rings. The van der Waals surface area contributed by atoms with Gasteiger partial charge in [0, 0.05) is 11.1 Å². The highest BCUT2D eigenvalue weighted by atomic mass is 32.2. The van der Waals surface area contributed by atoms with Crippen LogP contribution in [0.3, 0.4) is 0 Å². The van der Waals surface area contributed by atoms with Crippen LogP contribution in [0.1, 0.15) is 18.3 Å². The van der Waals surface area contributed by atoms with Crippen LogP contribution in [0.15, 0.2) is 28.3 Å². The van der Waals surface area contributed by atoms with Gasteiger partial charge in [-0.1, -0.05) is 18.7 Å². The second-order valence-electron chi connectivity index (χ2n) is 4.05. The van der Waals surface area contributed by atoms with Gasteiger partial charge < -0.3 is 11.5 Å². The molecule has 2 aromatic heterocycles. The van der Waals surface area contributed by atoms with Gasteiger partial charge in [0.2, 0.25) is 0 Å². The van der Waals surface area contributed by atoms with E-state index >= 15 is 0 Å². The van der Waals surface area contributed by atoms with Crippen LogP contribution in [0.25, 0.3) is 0 Å². The molecule has 4 N–H and O–H groups in total. The number of pyridine rings is 1. The lowest BCUT2D eigenvalue weighted by atomic mass is 10.3. The molecule has 0 aliphatic heterocycles. The van der Waals surface area contributed by atoms with Gasteiger partial charge >= 0.3 is 6.18 Å². The molecule has 0 aliphatic rings. The Balaban J connectivity index is 2.46. The number of alkyl halides is 3. The number of rotatable bonds is 3. The van der Waals surface area contributed by atoms with Gasteiger partial charge in [-0.3, -0.25) is 4.98 Å². The molecule has 0 aliphatic carbocycles. The molecule has 112 valence electrons. The van der Waals surface area contributed by atoms with Crippen molar-refractivity contribution < 1.29 is 13.2 Å². The van der Waals surface area contributed by atoms with Gasteiger partial charge in [0.05, 0.1) is 5.69 Å². The number of halogens is 3. The van der Waals surface area contributed by atoms with Gasteiger partial charge in [0.25, 0.3) is 0 Å². The molecule has 9 heteroatoms. The number of nitrogens with two attached hydrogens (primary N) is 2. The summed E-state index contributed by atoms with van der Waals surface area (Å²) in [7, 11) is 0. The highest BCUT2D eigenvalue weighted by Crippen LogP contribution is 2.38. The zero-order valence-corrected chi connectivity index (χ0v) is 11.8. The summed E-state index contributed by atoms with van der Waals surface area (Å²) < 4.78 is 38.8. The lowest BCUT2D eigenvalue weighted by Crippen LogP contribution is -2.10. The van der Waals surface area contributed by atoms with Crippen molar-refractivity contribution >= 4 is 23.4 Å². The van der Waals surface area contributed by atoms with Crippen LogP contribution in [0.5, 0.6) is 0 Å². The summed E-state index contributed by atoms with van der Waals surface area (Å²) in [6.07, 6.45) is -2.97. The van der Waals surface area contributed by atoms with Crippen LogP contribution < -0.4 is 11.5 Å². The average molecular weight is 315 g/mol. The molecule has 0 unspecified atom stereocenters. The van der Waals surface area contributed by atoms with E-state index < -0.39 is 11.9 Å². The predicted molar refractivity (Wildman–Crippen MR) is 73.6 cm³/mol. The third-order valence-electron chi connectivity index (χ3n) is 2.57. The van der Waals surface area contributed by atoms with E-state index in [0.29, 0.717) is 17.1 Å². The number of nitrogen functional groups attached to an aromatic ring is 2. The van der Waals surface area contributed by atoms with E-state index in [9.17, 15) is 13.2 Å². The summed E-state index contributed by atoms with van der Waals surface area (Å²) in [6, 6.07) is 2.76. The Bertz CT molecular complexity index is 660. The predicted octanol–water partition coefficient (Wildman–Crippen LogP) is 2.77. The zero-order chi connectivity index (χ0) is 15.6. The van der Waals surface area contributed by atoms with Crippen molar-refractivity contribution in [2.24, 2.45) is 0 Å². The summed E-state index contributed by atoms with van der Waals surface area (Å²) in [4.78, 5) is 11.4. The summed E-state index contributed by atoms with van der Waals surface area (Å²) in [6.45, 7) is 1.80. The Labute approximate surface area is 123 Å². The van der Waals surface area contributed by atoms with Crippen molar-refractivity contribution in [3.8, 4) is 0 Å². The van der Waals surface area contributed by atoms with Crippen LogP contribution in [-0.2, 0) is 12.6 Å². The van der Waals surface area contributed by atoms with E-state index in [0.717, 1.165) is 18.0 Å². The topological polar surface area (TPSA) is 90.7 Å². The van der Waals surface area contributed by atoms with Gasteiger partial charge in [-0.2, -0.15) is 13.2 Å². The Morgan fingerprint density at radius 3 is 2.48 bits per heavy atom. The van der Waals surface area contributed by atoms with Crippen molar-refractivity contribution in [1.29, 1.82) is 0 Å². The normalized spacial score (nSPS) is 11.6. The monoisotopic (exact) mass is 315 g/mol. The van der Waals surface area contributed by atoms with Crippen molar-refractivity contribution in [3.63, 3.8) is 0 Å². The quantitative estimate of drug-likeness (QED) is 0.905. The number of aryl methyl sites for hydroxylation is 1. The van der Waals surface area contributed by atoms with Crippen molar-refractivity contribution in [2.45, 2.75) is 29.4 Å². The molecule has 0 fully saturated rings. The molecule has 2 heterocycles. The maximum absolute atomic E-state index is 12.9. The fourth-order valence-corrected chi connectivity index (χ4v) is 2.66. The Morgan fingerprint density at radius 1 is 1.19 bits per heavy atom. The first-order chi connectivity index (χ1) is 9.82. The molecule has 0 amide bonds. The van der Waals surface area contributed by atoms with Gasteiger partial charge in [-0.15, -0.1) is 0 Å². The molecule has 0 saturated carbocycles. The lowest BCUT2D eigenvalue weighted by molar-refractivity contribution is -0.143. The van der Waals surface area contributed by atoms with Crippen LogP contribution in [-0.4, -0.2) is 15.0 Å². The van der Waals surface area contributed by atoms with Crippen LogP contribution in [0, 0.1) is 0 Å². The second-order valence-corrected chi connectivity index (χ2v) is 5.08. The number of hydrogen-bond donors (Lipinski definition) is 2. The molecule has 0 bridgehead atoms. The van der Waals surface area contributed by atoms with E-state index in [2.05, 4.69) is 15.0 Å². The summed E-state index contributed by atoms with van der Waals surface area (Å²) >= 11 is 0.823. The van der Waals surface area contributed by atoms with Gasteiger partial charge in [-0.25, -0.2) is 9.97 Å². The standard InChI is InChI=1S/C12H12F3N5S/c1-2-6-11(20-10(17)9(16)19-6)21-7-4-3-5-18-8(7)12(13,14)15/h3-5H,2H2,1H3,(H2,16,19)(H2,17,20). The molecule has 0 radical (unpaired) electrons. The summed E-state index contributed by atoms with van der Waals surface area (Å²) in [5.74, 6) is 0.0607. The number of aromatic nitrogens is 3. The smallest absolute Gasteiger partial charge is 0.381 e. The molecule has 0 aromatic carbocycles. The van der Waals surface area contributed by atoms with Crippen LogP contribution in [0.2, 0.25) is 0 Å². The second kappa shape index (κ2) is 5.76. The number of hydrogen-bond acceptors (Lipinski definition) is 6. The third-order valence-corrected chi connectivity index (χ3v) is 3.64. The van der Waals surface area contributed by atoms with Gasteiger partial charge in [0.15, 0.2) is 17.3 Å². The third kappa shape index (κ3) is 3.35. The highest BCUT2D eigenvalue weighted by Gasteiger charge is 2.35. The number of anilines is 2. The largest absolute Gasteiger partial charge is 0.434 e. The van der Waals surface area contributed by atoms with E-state index in [-0.39, 0.29) is 16.5 Å². The molecule has 0 spiro atoms. The Kier molecular flexibility index (Phi) is 4.21. The lowest BCUT2D eigenvalue weighted by Gasteiger charge is -2.12. The molecule has 5 nitrogen and oxygen atoms in total. The molecular formula is C12H12F3N5S.